The molecule has 1 aliphatic rings. The van der Waals surface area contributed by atoms with Gasteiger partial charge in [-0.25, -0.2) is 4.98 Å². The molecule has 0 spiro atoms. The van der Waals surface area contributed by atoms with E-state index in [1.165, 1.54) is 18.5 Å². The fourth-order valence-electron chi connectivity index (χ4n) is 1.92. The lowest BCUT2D eigenvalue weighted by molar-refractivity contribution is 0.543. The fourth-order valence-corrected chi connectivity index (χ4v) is 3.20. The second-order valence-electron chi connectivity index (χ2n) is 4.05. The van der Waals surface area contributed by atoms with Crippen LogP contribution < -0.4 is 5.32 Å². The molecule has 2 aromatic heterocycles. The number of aromatic nitrogens is 4. The average molecular weight is 253 g/mol. The van der Waals surface area contributed by atoms with Crippen molar-refractivity contribution in [3.8, 4) is 0 Å². The van der Waals surface area contributed by atoms with Crippen LogP contribution in [0.5, 0.6) is 0 Å². The Hall–Kier alpha value is -1.37. The number of hydrogen-bond acceptors (Lipinski definition) is 5. The normalized spacial score (nSPS) is 19.9. The molecule has 3 heterocycles. The molecule has 1 atom stereocenters. The van der Waals surface area contributed by atoms with E-state index in [4.69, 9.17) is 0 Å². The average Bonchev–Trinajstić information content (AvgIpc) is 2.95. The maximum atomic E-state index is 13.2. The van der Waals surface area contributed by atoms with E-state index in [1.54, 1.807) is 0 Å². The minimum Gasteiger partial charge on any atom is -0.368 e. The number of fused-ring (bicyclic) bond motifs is 1. The summed E-state index contributed by atoms with van der Waals surface area (Å²) in [5.41, 5.74) is 1.03. The van der Waals surface area contributed by atoms with Crippen molar-refractivity contribution in [2.75, 3.05) is 23.4 Å². The molecule has 3 rings (SSSR count). The predicted octanol–water partition coefficient (Wildman–Crippen LogP) is 1.66. The molecule has 1 aliphatic heterocycles. The second-order valence-corrected chi connectivity index (χ2v) is 5.20. The van der Waals surface area contributed by atoms with Gasteiger partial charge >= 0.3 is 6.08 Å². The Labute approximate surface area is 102 Å². The van der Waals surface area contributed by atoms with Gasteiger partial charge in [0.05, 0.1) is 6.33 Å². The smallest absolute Gasteiger partial charge is 0.312 e. The van der Waals surface area contributed by atoms with Crippen LogP contribution in [0.3, 0.4) is 0 Å². The predicted molar refractivity (Wildman–Crippen MR) is 65.6 cm³/mol. The molecular formula is C10H12FN5S. The van der Waals surface area contributed by atoms with Gasteiger partial charge in [-0.3, -0.25) is 0 Å². The van der Waals surface area contributed by atoms with Gasteiger partial charge in [0.15, 0.2) is 11.5 Å². The molecule has 0 bridgehead atoms. The third-order valence-corrected chi connectivity index (χ3v) is 4.07. The van der Waals surface area contributed by atoms with Crippen molar-refractivity contribution in [3.63, 3.8) is 0 Å². The number of nitrogens with zero attached hydrogens (tertiary/aromatic N) is 3. The third kappa shape index (κ3) is 2.19. The summed E-state index contributed by atoms with van der Waals surface area (Å²) in [7, 11) is 0. The highest BCUT2D eigenvalue weighted by Gasteiger charge is 2.16. The summed E-state index contributed by atoms with van der Waals surface area (Å²) >= 11 is 1.96. The zero-order chi connectivity index (χ0) is 11.7. The maximum absolute atomic E-state index is 13.2. The summed E-state index contributed by atoms with van der Waals surface area (Å²) in [6.07, 6.45) is 1.97. The Morgan fingerprint density at radius 1 is 1.53 bits per heavy atom. The van der Waals surface area contributed by atoms with Crippen molar-refractivity contribution in [2.45, 2.75) is 6.42 Å². The first-order chi connectivity index (χ1) is 8.33. The molecule has 5 nitrogen and oxygen atoms in total. The molecule has 17 heavy (non-hydrogen) atoms. The van der Waals surface area contributed by atoms with E-state index in [0.29, 0.717) is 22.9 Å². The summed E-state index contributed by atoms with van der Waals surface area (Å²) in [5.74, 6) is 3.48. The van der Waals surface area contributed by atoms with Gasteiger partial charge in [0.2, 0.25) is 0 Å². The van der Waals surface area contributed by atoms with Gasteiger partial charge in [0.25, 0.3) is 0 Å². The number of thioether (sulfide) groups is 1. The van der Waals surface area contributed by atoms with Crippen LogP contribution in [0.25, 0.3) is 11.2 Å². The van der Waals surface area contributed by atoms with Gasteiger partial charge in [0, 0.05) is 6.54 Å². The Morgan fingerprint density at radius 3 is 3.29 bits per heavy atom. The lowest BCUT2D eigenvalue weighted by atomic mass is 10.1. The standard InChI is InChI=1S/C10H12FN5S/c11-10-15-8(7-9(16-10)14-5-13-7)12-3-6-1-2-17-4-6/h5-6H,1-4H2,(H2,12,13,14,15,16). The third-order valence-electron chi connectivity index (χ3n) is 2.83. The van der Waals surface area contributed by atoms with Crippen molar-refractivity contribution in [3.05, 3.63) is 12.4 Å². The van der Waals surface area contributed by atoms with Crippen LogP contribution in [-0.2, 0) is 0 Å². The molecule has 7 heteroatoms. The molecule has 0 amide bonds. The molecule has 0 radical (unpaired) electrons. The van der Waals surface area contributed by atoms with Gasteiger partial charge < -0.3 is 10.3 Å². The number of H-pyrrole nitrogens is 1. The van der Waals surface area contributed by atoms with E-state index in [9.17, 15) is 4.39 Å². The van der Waals surface area contributed by atoms with Crippen LogP contribution >= 0.6 is 11.8 Å². The van der Waals surface area contributed by atoms with E-state index in [0.717, 1.165) is 12.3 Å². The van der Waals surface area contributed by atoms with Gasteiger partial charge in [-0.05, 0) is 23.8 Å². The molecule has 1 unspecified atom stereocenters. The van der Waals surface area contributed by atoms with Crippen molar-refractivity contribution < 1.29 is 4.39 Å². The van der Waals surface area contributed by atoms with Crippen molar-refractivity contribution in [1.29, 1.82) is 0 Å². The number of halogens is 1. The highest BCUT2D eigenvalue weighted by atomic mass is 32.2. The Bertz CT molecular complexity index is 522. The summed E-state index contributed by atoms with van der Waals surface area (Å²) in [6.45, 7) is 0.811. The molecule has 0 aromatic carbocycles. The van der Waals surface area contributed by atoms with E-state index >= 15 is 0 Å². The fraction of sp³-hybridized carbons (Fsp3) is 0.500. The first-order valence-corrected chi connectivity index (χ1v) is 6.66. The van der Waals surface area contributed by atoms with Gasteiger partial charge in [0.1, 0.15) is 5.52 Å². The number of hydrogen-bond donors (Lipinski definition) is 2. The second kappa shape index (κ2) is 4.48. The Kier molecular flexibility index (Phi) is 2.84. The molecule has 2 N–H and O–H groups in total. The minimum atomic E-state index is -0.731. The van der Waals surface area contributed by atoms with Crippen LogP contribution in [0.15, 0.2) is 6.33 Å². The quantitative estimate of drug-likeness (QED) is 0.814. The molecule has 90 valence electrons. The topological polar surface area (TPSA) is 66.5 Å². The van der Waals surface area contributed by atoms with Gasteiger partial charge in [-0.1, -0.05) is 0 Å². The lowest BCUT2D eigenvalue weighted by Gasteiger charge is -2.10. The first-order valence-electron chi connectivity index (χ1n) is 5.51. The molecule has 1 fully saturated rings. The van der Waals surface area contributed by atoms with Crippen LogP contribution in [0.1, 0.15) is 6.42 Å². The molecule has 1 saturated heterocycles. The number of anilines is 1. The van der Waals surface area contributed by atoms with Crippen LogP contribution in [0.2, 0.25) is 0 Å². The molecule has 0 aliphatic carbocycles. The van der Waals surface area contributed by atoms with Crippen molar-refractivity contribution in [1.82, 2.24) is 19.9 Å². The van der Waals surface area contributed by atoms with Crippen molar-refractivity contribution in [2.24, 2.45) is 5.92 Å². The zero-order valence-electron chi connectivity index (χ0n) is 9.11. The summed E-state index contributed by atoms with van der Waals surface area (Å²) in [5, 5.41) is 3.17. The van der Waals surface area contributed by atoms with E-state index in [-0.39, 0.29) is 0 Å². The highest BCUT2D eigenvalue weighted by Crippen LogP contribution is 2.24. The SMILES string of the molecule is Fc1nc(NCC2CCSC2)c2nc[nH]c2n1. The largest absolute Gasteiger partial charge is 0.368 e. The van der Waals surface area contributed by atoms with E-state index in [2.05, 4.69) is 25.3 Å². The molecular weight excluding hydrogens is 241 g/mol. The number of nitrogens with one attached hydrogen (secondary N) is 2. The monoisotopic (exact) mass is 253 g/mol. The Balaban J connectivity index is 1.81. The Morgan fingerprint density at radius 2 is 2.47 bits per heavy atom. The molecule has 2 aromatic rings. The first kappa shape index (κ1) is 10.8. The van der Waals surface area contributed by atoms with Crippen LogP contribution in [-0.4, -0.2) is 38.0 Å². The number of rotatable bonds is 3. The van der Waals surface area contributed by atoms with Gasteiger partial charge in [-0.15, -0.1) is 0 Å². The highest BCUT2D eigenvalue weighted by molar-refractivity contribution is 7.99. The van der Waals surface area contributed by atoms with Crippen LogP contribution in [0.4, 0.5) is 10.2 Å². The lowest BCUT2D eigenvalue weighted by Crippen LogP contribution is -2.15. The van der Waals surface area contributed by atoms with Crippen LogP contribution in [0, 0.1) is 12.0 Å². The van der Waals surface area contributed by atoms with Gasteiger partial charge in [-0.2, -0.15) is 26.1 Å². The molecule has 0 saturated carbocycles. The van der Waals surface area contributed by atoms with E-state index in [1.807, 2.05) is 11.8 Å². The van der Waals surface area contributed by atoms with E-state index < -0.39 is 6.08 Å². The summed E-state index contributed by atoms with van der Waals surface area (Å²) in [6, 6.07) is 0. The van der Waals surface area contributed by atoms with Crippen molar-refractivity contribution >= 4 is 28.7 Å². The number of aromatic amines is 1. The zero-order valence-corrected chi connectivity index (χ0v) is 9.93. The summed E-state index contributed by atoms with van der Waals surface area (Å²) in [4.78, 5) is 14.3. The summed E-state index contributed by atoms with van der Waals surface area (Å²) < 4.78 is 13.2. The minimum absolute atomic E-state index is 0.431. The maximum Gasteiger partial charge on any atom is 0.312 e. The number of imidazole rings is 1.